The van der Waals surface area contributed by atoms with Gasteiger partial charge in [-0.2, -0.15) is 0 Å². The predicted molar refractivity (Wildman–Crippen MR) is 60.1 cm³/mol. The van der Waals surface area contributed by atoms with Crippen LogP contribution in [0.3, 0.4) is 0 Å². The molecule has 0 saturated heterocycles. The Hall–Kier alpha value is -0.0800. The summed E-state index contributed by atoms with van der Waals surface area (Å²) in [5.41, 5.74) is 0. The molecule has 2 heteroatoms. The summed E-state index contributed by atoms with van der Waals surface area (Å²) in [5, 5.41) is 3.35. The van der Waals surface area contributed by atoms with Gasteiger partial charge >= 0.3 is 0 Å². The first-order valence-electron chi connectivity index (χ1n) is 5.48. The van der Waals surface area contributed by atoms with Gasteiger partial charge in [0, 0.05) is 19.1 Å². The molecule has 0 aliphatic heterocycles. The number of hydrogen-bond acceptors (Lipinski definition) is 2. The third-order valence-corrected chi connectivity index (χ3v) is 2.46. The van der Waals surface area contributed by atoms with Gasteiger partial charge in [-0.25, -0.2) is 0 Å². The molecule has 0 aliphatic carbocycles. The molecule has 1 atom stereocenters. The van der Waals surface area contributed by atoms with Gasteiger partial charge in [0.2, 0.25) is 0 Å². The van der Waals surface area contributed by atoms with Crippen molar-refractivity contribution < 1.29 is 0 Å². The highest BCUT2D eigenvalue weighted by Gasteiger charge is 2.09. The van der Waals surface area contributed by atoms with Crippen LogP contribution in [0.4, 0.5) is 0 Å². The van der Waals surface area contributed by atoms with Crippen molar-refractivity contribution in [2.45, 2.75) is 40.2 Å². The molecule has 0 bridgehead atoms. The van der Waals surface area contributed by atoms with Crippen LogP contribution < -0.4 is 5.32 Å². The second-order valence-electron chi connectivity index (χ2n) is 4.31. The average molecular weight is 186 g/mol. The number of hydrogen-bond donors (Lipinski definition) is 1. The smallest absolute Gasteiger partial charge is 0.0107 e. The number of nitrogens with one attached hydrogen (secondary N) is 1. The van der Waals surface area contributed by atoms with Gasteiger partial charge in [0.1, 0.15) is 0 Å². The van der Waals surface area contributed by atoms with Crippen LogP contribution in [0.15, 0.2) is 0 Å². The van der Waals surface area contributed by atoms with E-state index in [9.17, 15) is 0 Å². The van der Waals surface area contributed by atoms with Gasteiger partial charge < -0.3 is 10.2 Å². The fourth-order valence-electron chi connectivity index (χ4n) is 1.51. The van der Waals surface area contributed by atoms with E-state index in [-0.39, 0.29) is 0 Å². The topological polar surface area (TPSA) is 15.3 Å². The summed E-state index contributed by atoms with van der Waals surface area (Å²) in [6, 6.07) is 0.707. The van der Waals surface area contributed by atoms with Crippen molar-refractivity contribution >= 4 is 0 Å². The lowest BCUT2D eigenvalue weighted by Gasteiger charge is -2.26. The van der Waals surface area contributed by atoms with Crippen molar-refractivity contribution in [3.63, 3.8) is 0 Å². The molecule has 0 saturated carbocycles. The molecule has 0 fully saturated rings. The third kappa shape index (κ3) is 7.03. The Balaban J connectivity index is 3.50. The Kier molecular flexibility index (Phi) is 7.29. The molecular formula is C11H26N2. The second kappa shape index (κ2) is 7.34. The van der Waals surface area contributed by atoms with Crippen molar-refractivity contribution in [3.05, 3.63) is 0 Å². The molecule has 2 nitrogen and oxygen atoms in total. The van der Waals surface area contributed by atoms with Crippen LogP contribution in [0.2, 0.25) is 0 Å². The van der Waals surface area contributed by atoms with Crippen molar-refractivity contribution in [2.75, 3.05) is 26.7 Å². The highest BCUT2D eigenvalue weighted by atomic mass is 15.1. The Morgan fingerprint density at radius 1 is 1.23 bits per heavy atom. The maximum atomic E-state index is 3.35. The van der Waals surface area contributed by atoms with Gasteiger partial charge in [0.25, 0.3) is 0 Å². The summed E-state index contributed by atoms with van der Waals surface area (Å²) in [6.45, 7) is 12.4. The van der Waals surface area contributed by atoms with Gasteiger partial charge in [0.05, 0.1) is 0 Å². The van der Waals surface area contributed by atoms with Crippen molar-refractivity contribution in [2.24, 2.45) is 5.92 Å². The van der Waals surface area contributed by atoms with Crippen LogP contribution in [0.5, 0.6) is 0 Å². The third-order valence-electron chi connectivity index (χ3n) is 2.46. The molecule has 13 heavy (non-hydrogen) atoms. The Morgan fingerprint density at radius 3 is 2.31 bits per heavy atom. The molecule has 1 unspecified atom stereocenters. The summed E-state index contributed by atoms with van der Waals surface area (Å²) in [6.07, 6.45) is 1.29. The monoisotopic (exact) mass is 186 g/mol. The van der Waals surface area contributed by atoms with E-state index in [1.54, 1.807) is 0 Å². The second-order valence-corrected chi connectivity index (χ2v) is 4.31. The normalized spacial score (nSPS) is 14.1. The molecular weight excluding hydrogens is 160 g/mol. The number of likely N-dealkylation sites (N-methyl/N-ethyl adjacent to an activating group) is 2. The molecule has 0 aromatic heterocycles. The van der Waals surface area contributed by atoms with Crippen molar-refractivity contribution in [1.82, 2.24) is 10.2 Å². The van der Waals surface area contributed by atoms with Crippen molar-refractivity contribution in [3.8, 4) is 0 Å². The van der Waals surface area contributed by atoms with Gasteiger partial charge in [-0.15, -0.1) is 0 Å². The number of rotatable bonds is 7. The maximum absolute atomic E-state index is 3.35. The zero-order valence-corrected chi connectivity index (χ0v) is 9.93. The molecule has 0 spiro atoms. The van der Waals surface area contributed by atoms with Crippen LogP contribution in [0.1, 0.15) is 34.1 Å². The summed E-state index contributed by atoms with van der Waals surface area (Å²) in [7, 11) is 2.21. The SMILES string of the molecule is CCNCCN(C)C(C)CC(C)C. The minimum Gasteiger partial charge on any atom is -0.316 e. The highest BCUT2D eigenvalue weighted by molar-refractivity contribution is 4.65. The van der Waals surface area contributed by atoms with Crippen LogP contribution >= 0.6 is 0 Å². The van der Waals surface area contributed by atoms with Crippen LogP contribution in [-0.2, 0) is 0 Å². The maximum Gasteiger partial charge on any atom is 0.0107 e. The van der Waals surface area contributed by atoms with E-state index in [4.69, 9.17) is 0 Å². The van der Waals surface area contributed by atoms with E-state index in [1.807, 2.05) is 0 Å². The molecule has 80 valence electrons. The molecule has 0 aliphatic rings. The first-order valence-corrected chi connectivity index (χ1v) is 5.48. The van der Waals surface area contributed by atoms with Gasteiger partial charge in [-0.3, -0.25) is 0 Å². The van der Waals surface area contributed by atoms with E-state index in [0.29, 0.717) is 6.04 Å². The van der Waals surface area contributed by atoms with Gasteiger partial charge in [-0.05, 0) is 32.9 Å². The van der Waals surface area contributed by atoms with Crippen LogP contribution in [-0.4, -0.2) is 37.6 Å². The summed E-state index contributed by atoms with van der Waals surface area (Å²) < 4.78 is 0. The highest BCUT2D eigenvalue weighted by Crippen LogP contribution is 2.08. The van der Waals surface area contributed by atoms with E-state index in [1.165, 1.54) is 6.42 Å². The summed E-state index contributed by atoms with van der Waals surface area (Å²) in [4.78, 5) is 2.43. The minimum absolute atomic E-state index is 0.707. The zero-order valence-electron chi connectivity index (χ0n) is 9.93. The Bertz CT molecular complexity index is 113. The van der Waals surface area contributed by atoms with E-state index < -0.39 is 0 Å². The Morgan fingerprint density at radius 2 is 1.85 bits per heavy atom. The quantitative estimate of drug-likeness (QED) is 0.612. The van der Waals surface area contributed by atoms with Crippen molar-refractivity contribution in [1.29, 1.82) is 0 Å². The zero-order chi connectivity index (χ0) is 10.3. The van der Waals surface area contributed by atoms with Crippen LogP contribution in [0.25, 0.3) is 0 Å². The largest absolute Gasteiger partial charge is 0.316 e. The van der Waals surface area contributed by atoms with Gasteiger partial charge in [-0.1, -0.05) is 20.8 Å². The summed E-state index contributed by atoms with van der Waals surface area (Å²) in [5.74, 6) is 0.802. The Labute approximate surface area is 83.7 Å². The van der Waals surface area contributed by atoms with E-state index in [2.05, 4.69) is 45.0 Å². The lowest BCUT2D eigenvalue weighted by Crippen LogP contribution is -2.36. The molecule has 0 aromatic rings. The summed E-state index contributed by atoms with van der Waals surface area (Å²) >= 11 is 0. The first-order chi connectivity index (χ1) is 6.07. The molecule has 0 aromatic carbocycles. The van der Waals surface area contributed by atoms with Gasteiger partial charge in [0.15, 0.2) is 0 Å². The predicted octanol–water partition coefficient (Wildman–Crippen LogP) is 1.96. The molecule has 1 N–H and O–H groups in total. The lowest BCUT2D eigenvalue weighted by atomic mass is 10.0. The molecule has 0 rings (SSSR count). The standard InChI is InChI=1S/C11H26N2/c1-6-12-7-8-13(5)11(4)9-10(2)3/h10-12H,6-9H2,1-5H3. The molecule has 0 heterocycles. The first kappa shape index (κ1) is 12.9. The fraction of sp³-hybridized carbons (Fsp3) is 1.00. The lowest BCUT2D eigenvalue weighted by molar-refractivity contribution is 0.229. The molecule has 0 radical (unpaired) electrons. The fourth-order valence-corrected chi connectivity index (χ4v) is 1.51. The van der Waals surface area contributed by atoms with E-state index in [0.717, 1.165) is 25.6 Å². The average Bonchev–Trinajstić information content (AvgIpc) is 2.03. The molecule has 0 amide bonds. The van der Waals surface area contributed by atoms with Crippen LogP contribution in [0, 0.1) is 5.92 Å². The van der Waals surface area contributed by atoms with E-state index >= 15 is 0 Å². The number of nitrogens with zero attached hydrogens (tertiary/aromatic N) is 1. The minimum atomic E-state index is 0.707.